The van der Waals surface area contributed by atoms with E-state index in [1.807, 2.05) is 81.4 Å². The number of allylic oxidation sites excluding steroid dienone is 1. The molecule has 5 aromatic rings. The van der Waals surface area contributed by atoms with Crippen molar-refractivity contribution < 1.29 is 9.53 Å². The molecule has 1 amide bonds. The van der Waals surface area contributed by atoms with Crippen LogP contribution in [0.1, 0.15) is 55.1 Å². The van der Waals surface area contributed by atoms with Gasteiger partial charge >= 0.3 is 0 Å². The number of aryl methyl sites for hydroxylation is 2. The van der Waals surface area contributed by atoms with Crippen molar-refractivity contribution in [1.82, 2.24) is 9.13 Å². The molecule has 2 aromatic heterocycles. The number of hydrogen-bond donors (Lipinski definition) is 1. The predicted octanol–water partition coefficient (Wildman–Crippen LogP) is 6.03. The molecule has 0 bridgehead atoms. The van der Waals surface area contributed by atoms with E-state index in [-0.39, 0.29) is 17.5 Å². The number of methoxy groups -OCH3 is 1. The van der Waals surface area contributed by atoms with Gasteiger partial charge in [-0.15, -0.1) is 0 Å². The number of hydrogen-bond acceptors (Lipinski definition) is 5. The summed E-state index contributed by atoms with van der Waals surface area (Å²) in [6.45, 7) is 10.1. The molecule has 0 unspecified atom stereocenters. The zero-order chi connectivity index (χ0) is 30.4. The van der Waals surface area contributed by atoms with Crippen LogP contribution in [-0.4, -0.2) is 22.2 Å². The summed E-state index contributed by atoms with van der Waals surface area (Å²) in [5.41, 5.74) is 6.51. The summed E-state index contributed by atoms with van der Waals surface area (Å²) in [5, 5.41) is 4.17. The van der Waals surface area contributed by atoms with Gasteiger partial charge in [-0.1, -0.05) is 59.4 Å². The van der Waals surface area contributed by atoms with Crippen molar-refractivity contribution in [2.75, 3.05) is 12.4 Å². The molecule has 0 spiro atoms. The Morgan fingerprint density at radius 3 is 2.49 bits per heavy atom. The van der Waals surface area contributed by atoms with Crippen LogP contribution in [0.5, 0.6) is 5.75 Å². The molecule has 3 heterocycles. The number of aromatic nitrogens is 2. The Balaban J connectivity index is 1.52. The normalized spacial score (nSPS) is 15.1. The lowest BCUT2D eigenvalue weighted by molar-refractivity contribution is -0.113. The number of para-hydroxylation sites is 1. The van der Waals surface area contributed by atoms with Gasteiger partial charge in [-0.25, -0.2) is 4.99 Å². The summed E-state index contributed by atoms with van der Waals surface area (Å²) in [6.07, 6.45) is 4.05. The van der Waals surface area contributed by atoms with E-state index in [1.165, 1.54) is 11.3 Å². The van der Waals surface area contributed by atoms with Crippen LogP contribution in [0.4, 0.5) is 5.69 Å². The Hall–Kier alpha value is -4.69. The van der Waals surface area contributed by atoms with E-state index in [4.69, 9.17) is 9.73 Å². The highest BCUT2D eigenvalue weighted by Gasteiger charge is 2.32. The molecule has 0 aliphatic carbocycles. The number of benzene rings is 3. The van der Waals surface area contributed by atoms with Crippen LogP contribution in [0.15, 0.2) is 94.0 Å². The minimum absolute atomic E-state index is 0.185. The summed E-state index contributed by atoms with van der Waals surface area (Å²) >= 11 is 1.34. The van der Waals surface area contributed by atoms with Crippen LogP contribution in [-0.2, 0) is 4.79 Å². The molecule has 3 aromatic carbocycles. The first-order valence-corrected chi connectivity index (χ1v) is 15.1. The van der Waals surface area contributed by atoms with E-state index < -0.39 is 6.04 Å². The zero-order valence-electron chi connectivity index (χ0n) is 25.1. The van der Waals surface area contributed by atoms with Crippen molar-refractivity contribution in [3.63, 3.8) is 0 Å². The molecule has 0 saturated carbocycles. The van der Waals surface area contributed by atoms with Crippen molar-refractivity contribution >= 4 is 39.9 Å². The third kappa shape index (κ3) is 5.12. The van der Waals surface area contributed by atoms with E-state index in [1.54, 1.807) is 11.7 Å². The van der Waals surface area contributed by atoms with Gasteiger partial charge < -0.3 is 14.6 Å². The molecule has 1 atom stereocenters. The molecular formula is C35H34N4O3S. The first-order valence-electron chi connectivity index (χ1n) is 14.3. The highest BCUT2D eigenvalue weighted by Crippen LogP contribution is 2.32. The number of nitrogens with one attached hydrogen (secondary N) is 1. The Bertz CT molecular complexity index is 2100. The summed E-state index contributed by atoms with van der Waals surface area (Å²) < 4.78 is 9.83. The van der Waals surface area contributed by atoms with Crippen molar-refractivity contribution in [3.05, 3.63) is 126 Å². The van der Waals surface area contributed by atoms with Gasteiger partial charge in [0.15, 0.2) is 4.80 Å². The lowest BCUT2D eigenvalue weighted by Gasteiger charge is -2.25. The number of fused-ring (bicyclic) bond motifs is 2. The van der Waals surface area contributed by atoms with E-state index in [0.717, 1.165) is 38.8 Å². The third-order valence-electron chi connectivity index (χ3n) is 7.94. The van der Waals surface area contributed by atoms with E-state index in [9.17, 15) is 9.59 Å². The minimum Gasteiger partial charge on any atom is -0.497 e. The molecule has 0 radical (unpaired) electrons. The number of carbonyl (C=O) groups excluding carboxylic acids is 1. The number of anilines is 1. The molecule has 1 N–H and O–H groups in total. The Kier molecular flexibility index (Phi) is 7.40. The van der Waals surface area contributed by atoms with Crippen molar-refractivity contribution in [2.24, 2.45) is 4.99 Å². The van der Waals surface area contributed by atoms with Gasteiger partial charge in [-0.2, -0.15) is 0 Å². The fraction of sp³-hybridized carbons (Fsp3) is 0.229. The van der Waals surface area contributed by atoms with Gasteiger partial charge in [0.05, 0.1) is 29.0 Å². The maximum absolute atomic E-state index is 14.2. The highest BCUT2D eigenvalue weighted by molar-refractivity contribution is 7.07. The number of amides is 1. The third-order valence-corrected chi connectivity index (χ3v) is 8.93. The van der Waals surface area contributed by atoms with Crippen molar-refractivity contribution in [1.29, 1.82) is 0 Å². The zero-order valence-corrected chi connectivity index (χ0v) is 26.0. The summed E-state index contributed by atoms with van der Waals surface area (Å²) in [6, 6.07) is 21.2. The van der Waals surface area contributed by atoms with Crippen LogP contribution in [0.2, 0.25) is 0 Å². The molecule has 1 aliphatic heterocycles. The first-order chi connectivity index (χ1) is 20.7. The Labute approximate surface area is 254 Å². The van der Waals surface area contributed by atoms with Crippen molar-refractivity contribution in [2.45, 2.75) is 46.7 Å². The summed E-state index contributed by atoms with van der Waals surface area (Å²) in [7, 11) is 1.61. The van der Waals surface area contributed by atoms with Gasteiger partial charge in [-0.3, -0.25) is 14.2 Å². The molecule has 1 aliphatic rings. The van der Waals surface area contributed by atoms with E-state index in [2.05, 4.69) is 42.1 Å². The number of carbonyl (C=O) groups is 1. The van der Waals surface area contributed by atoms with Crippen LogP contribution < -0.4 is 24.9 Å². The second-order valence-corrected chi connectivity index (χ2v) is 12.2. The molecule has 6 rings (SSSR count). The van der Waals surface area contributed by atoms with E-state index in [0.29, 0.717) is 26.4 Å². The van der Waals surface area contributed by atoms with Gasteiger partial charge in [0, 0.05) is 34.4 Å². The number of thiazole rings is 1. The SMILES string of the molecule is COc1ccc([C@@H]2C(C(=O)Nc3ccc(C)cc3C)=C(C)N=c3s/c(=C\c4cn(C(C)C)c5ccccc45)c(=O)n32)cc1. The molecule has 0 fully saturated rings. The lowest BCUT2D eigenvalue weighted by Crippen LogP contribution is -2.40. The van der Waals surface area contributed by atoms with E-state index >= 15 is 0 Å². The van der Waals surface area contributed by atoms with Gasteiger partial charge in [0.2, 0.25) is 0 Å². The smallest absolute Gasteiger partial charge is 0.271 e. The fourth-order valence-electron chi connectivity index (χ4n) is 5.77. The number of rotatable bonds is 6. The van der Waals surface area contributed by atoms with Gasteiger partial charge in [0.1, 0.15) is 5.75 Å². The highest BCUT2D eigenvalue weighted by atomic mass is 32.1. The van der Waals surface area contributed by atoms with Gasteiger partial charge in [-0.05, 0) is 76.1 Å². The van der Waals surface area contributed by atoms with Crippen LogP contribution in [0.25, 0.3) is 17.0 Å². The molecule has 43 heavy (non-hydrogen) atoms. The van der Waals surface area contributed by atoms with Crippen LogP contribution in [0, 0.1) is 13.8 Å². The summed E-state index contributed by atoms with van der Waals surface area (Å²) in [5.74, 6) is 0.406. The monoisotopic (exact) mass is 590 g/mol. The molecular weight excluding hydrogens is 556 g/mol. The average Bonchev–Trinajstić information content (AvgIpc) is 3.51. The second-order valence-electron chi connectivity index (χ2n) is 11.2. The second kappa shape index (κ2) is 11.2. The number of nitrogens with zero attached hydrogens (tertiary/aromatic N) is 3. The molecule has 218 valence electrons. The predicted molar refractivity (Wildman–Crippen MR) is 174 cm³/mol. The van der Waals surface area contributed by atoms with Gasteiger partial charge in [0.25, 0.3) is 11.5 Å². The quantitative estimate of drug-likeness (QED) is 0.262. The summed E-state index contributed by atoms with van der Waals surface area (Å²) in [4.78, 5) is 33.6. The minimum atomic E-state index is -0.660. The lowest BCUT2D eigenvalue weighted by atomic mass is 9.95. The molecule has 7 nitrogen and oxygen atoms in total. The van der Waals surface area contributed by atoms with Crippen LogP contribution in [0.3, 0.4) is 0 Å². The standard InChI is InChI=1S/C35H34N4O3S/c1-20(2)38-19-25(27-9-7-8-10-29(27)38)18-30-34(41)39-32(24-12-14-26(42-6)15-13-24)31(23(5)36-35(39)43-30)33(40)37-28-16-11-21(3)17-22(28)4/h7-20,32H,1-6H3,(H,37,40)/b30-18-/t32-/m1/s1. The molecule has 0 saturated heterocycles. The first kappa shape index (κ1) is 28.4. The topological polar surface area (TPSA) is 77.6 Å². The Morgan fingerprint density at radius 1 is 1.05 bits per heavy atom. The number of ether oxygens (including phenoxy) is 1. The largest absolute Gasteiger partial charge is 0.497 e. The van der Waals surface area contributed by atoms with Crippen LogP contribution >= 0.6 is 11.3 Å². The van der Waals surface area contributed by atoms with Crippen molar-refractivity contribution in [3.8, 4) is 5.75 Å². The molecule has 8 heteroatoms. The Morgan fingerprint density at radius 2 is 1.79 bits per heavy atom. The maximum atomic E-state index is 14.2. The average molecular weight is 591 g/mol. The fourth-order valence-corrected chi connectivity index (χ4v) is 6.81. The maximum Gasteiger partial charge on any atom is 0.271 e.